The van der Waals surface area contributed by atoms with Crippen LogP contribution in [0.25, 0.3) is 22.0 Å². The number of hydrogen-bond donors (Lipinski definition) is 1. The number of pyridine rings is 1. The molecule has 5 rings (SSSR count). The van der Waals surface area contributed by atoms with E-state index in [9.17, 15) is 21.6 Å². The summed E-state index contributed by atoms with van der Waals surface area (Å²) in [5.41, 5.74) is 2.75. The molecule has 0 spiro atoms. The predicted molar refractivity (Wildman–Crippen MR) is 144 cm³/mol. The Morgan fingerprint density at radius 2 is 1.54 bits per heavy atom. The number of aromatic nitrogens is 1. The third-order valence-electron chi connectivity index (χ3n) is 6.27. The molecule has 1 heterocycles. The predicted octanol–water partition coefficient (Wildman–Crippen LogP) is 6.74. The molecular weight excluding hydrogens is 525 g/mol. The van der Waals surface area contributed by atoms with Gasteiger partial charge in [-0.3, -0.25) is 4.98 Å². The number of nitrogens with zero attached hydrogens (tertiary/aromatic N) is 1. The van der Waals surface area contributed by atoms with Crippen LogP contribution in [0.3, 0.4) is 0 Å². The van der Waals surface area contributed by atoms with Gasteiger partial charge in [-0.1, -0.05) is 66.7 Å². The highest BCUT2D eigenvalue weighted by molar-refractivity contribution is 7.89. The Morgan fingerprint density at radius 1 is 0.821 bits per heavy atom. The van der Waals surface area contributed by atoms with Crippen molar-refractivity contribution in [2.75, 3.05) is 0 Å². The van der Waals surface area contributed by atoms with Crippen molar-refractivity contribution in [1.29, 1.82) is 0 Å². The Kier molecular flexibility index (Phi) is 7.12. The Morgan fingerprint density at radius 3 is 2.28 bits per heavy atom. The molecule has 0 aliphatic rings. The van der Waals surface area contributed by atoms with Gasteiger partial charge in [0.05, 0.1) is 16.0 Å². The fraction of sp³-hybridized carbons (Fsp3) is 0.100. The van der Waals surface area contributed by atoms with E-state index in [1.165, 1.54) is 24.4 Å². The highest BCUT2D eigenvalue weighted by atomic mass is 32.2. The van der Waals surface area contributed by atoms with E-state index in [4.69, 9.17) is 9.88 Å². The number of nitrogens with two attached hydrogens (primary N) is 1. The van der Waals surface area contributed by atoms with Gasteiger partial charge < -0.3 is 4.74 Å². The zero-order valence-corrected chi connectivity index (χ0v) is 21.3. The highest BCUT2D eigenvalue weighted by Gasteiger charge is 2.33. The van der Waals surface area contributed by atoms with Crippen LogP contribution in [-0.4, -0.2) is 13.4 Å². The van der Waals surface area contributed by atoms with Crippen molar-refractivity contribution < 1.29 is 26.3 Å². The average Bonchev–Trinajstić information content (AvgIpc) is 2.91. The van der Waals surface area contributed by atoms with E-state index in [0.717, 1.165) is 17.2 Å². The first-order valence-corrected chi connectivity index (χ1v) is 13.5. The minimum atomic E-state index is -4.55. The number of halogens is 3. The Hall–Kier alpha value is -4.21. The standard InChI is InChI=1S/C30H23F3N2O3S/c31-30(32,33)27-14-6-13-26-28(23(18-35-29(26)27)15-20-7-2-1-3-8-20)22-10-5-11-24(17-22)38-19-21-9-4-12-25(16-21)39(34,36)37/h1-14,16-18H,15,19H2,(H2,34,36,37). The van der Waals surface area contributed by atoms with Crippen LogP contribution >= 0.6 is 0 Å². The summed E-state index contributed by atoms with van der Waals surface area (Å²) in [5.74, 6) is 0.469. The summed E-state index contributed by atoms with van der Waals surface area (Å²) in [6.07, 6.45) is -2.58. The minimum Gasteiger partial charge on any atom is -0.489 e. The largest absolute Gasteiger partial charge is 0.489 e. The number of rotatable bonds is 7. The fourth-order valence-electron chi connectivity index (χ4n) is 4.50. The first-order chi connectivity index (χ1) is 18.6. The first-order valence-electron chi connectivity index (χ1n) is 12.0. The van der Waals surface area contributed by atoms with Gasteiger partial charge in [-0.15, -0.1) is 0 Å². The van der Waals surface area contributed by atoms with E-state index in [2.05, 4.69) is 4.98 Å². The molecule has 0 radical (unpaired) electrons. The second kappa shape index (κ2) is 10.5. The lowest BCUT2D eigenvalue weighted by molar-refractivity contribution is -0.136. The third-order valence-corrected chi connectivity index (χ3v) is 7.18. The van der Waals surface area contributed by atoms with Crippen LogP contribution in [0.5, 0.6) is 5.75 Å². The highest BCUT2D eigenvalue weighted by Crippen LogP contribution is 2.39. The number of hydrogen-bond acceptors (Lipinski definition) is 4. The second-order valence-electron chi connectivity index (χ2n) is 9.03. The number of sulfonamides is 1. The molecule has 198 valence electrons. The summed E-state index contributed by atoms with van der Waals surface area (Å²) in [5, 5.41) is 5.61. The van der Waals surface area contributed by atoms with E-state index in [1.54, 1.807) is 36.4 Å². The quantitative estimate of drug-likeness (QED) is 0.244. The van der Waals surface area contributed by atoms with Crippen LogP contribution in [0.15, 0.2) is 108 Å². The van der Waals surface area contributed by atoms with Crippen molar-refractivity contribution in [2.45, 2.75) is 24.1 Å². The lowest BCUT2D eigenvalue weighted by atomic mass is 9.92. The molecule has 9 heteroatoms. The zero-order valence-electron chi connectivity index (χ0n) is 20.5. The Labute approximate surface area is 223 Å². The van der Waals surface area contributed by atoms with Crippen molar-refractivity contribution in [2.24, 2.45) is 5.14 Å². The van der Waals surface area contributed by atoms with Gasteiger partial charge in [0, 0.05) is 11.6 Å². The Bertz CT molecular complexity index is 1760. The molecule has 1 aromatic heterocycles. The van der Waals surface area contributed by atoms with E-state index in [1.807, 2.05) is 36.4 Å². The number of ether oxygens (including phenoxy) is 1. The van der Waals surface area contributed by atoms with Crippen molar-refractivity contribution in [3.63, 3.8) is 0 Å². The van der Waals surface area contributed by atoms with Crippen LogP contribution in [0.4, 0.5) is 13.2 Å². The van der Waals surface area contributed by atoms with Crippen molar-refractivity contribution in [3.8, 4) is 16.9 Å². The SMILES string of the molecule is NS(=O)(=O)c1cccc(COc2cccc(-c3c(Cc4ccccc4)cnc4c(C(F)(F)F)cccc34)c2)c1. The van der Waals surface area contributed by atoms with Gasteiger partial charge in [-0.05, 0) is 64.6 Å². The topological polar surface area (TPSA) is 82.3 Å². The van der Waals surface area contributed by atoms with Crippen LogP contribution in [0, 0.1) is 0 Å². The normalized spacial score (nSPS) is 12.0. The molecule has 0 fully saturated rings. The van der Waals surface area contributed by atoms with Gasteiger partial charge >= 0.3 is 6.18 Å². The fourth-order valence-corrected chi connectivity index (χ4v) is 5.09. The van der Waals surface area contributed by atoms with Gasteiger partial charge in [0.25, 0.3) is 0 Å². The maximum Gasteiger partial charge on any atom is 0.418 e. The molecule has 5 aromatic rings. The molecule has 4 aromatic carbocycles. The third kappa shape index (κ3) is 5.94. The zero-order chi connectivity index (χ0) is 27.6. The van der Waals surface area contributed by atoms with Crippen molar-refractivity contribution in [1.82, 2.24) is 4.98 Å². The average molecular weight is 549 g/mol. The maximum atomic E-state index is 13.8. The summed E-state index contributed by atoms with van der Waals surface area (Å²) in [6.45, 7) is 0.0685. The molecule has 0 bridgehead atoms. The summed E-state index contributed by atoms with van der Waals surface area (Å²) in [4.78, 5) is 4.22. The van der Waals surface area contributed by atoms with Gasteiger partial charge in [-0.25, -0.2) is 13.6 Å². The summed E-state index contributed by atoms with van der Waals surface area (Å²) in [6, 6.07) is 26.9. The van der Waals surface area contributed by atoms with Crippen LogP contribution in [-0.2, 0) is 29.2 Å². The molecule has 0 aliphatic heterocycles. The number of para-hydroxylation sites is 1. The van der Waals surface area contributed by atoms with E-state index in [-0.39, 0.29) is 17.0 Å². The van der Waals surface area contributed by atoms with Gasteiger partial charge in [0.2, 0.25) is 10.0 Å². The molecule has 2 N–H and O–H groups in total. The molecular formula is C30H23F3N2O3S. The molecule has 0 unspecified atom stereocenters. The molecule has 39 heavy (non-hydrogen) atoms. The van der Waals surface area contributed by atoms with Crippen molar-refractivity contribution in [3.05, 3.63) is 126 Å². The summed E-state index contributed by atoms with van der Waals surface area (Å²) >= 11 is 0. The first kappa shape index (κ1) is 26.4. The smallest absolute Gasteiger partial charge is 0.418 e. The lowest BCUT2D eigenvalue weighted by Gasteiger charge is -2.17. The molecule has 0 atom stereocenters. The summed E-state index contributed by atoms with van der Waals surface area (Å²) < 4.78 is 70.8. The van der Waals surface area contributed by atoms with E-state index >= 15 is 0 Å². The number of alkyl halides is 3. The number of benzene rings is 4. The van der Waals surface area contributed by atoms with Crippen LogP contribution < -0.4 is 9.88 Å². The van der Waals surface area contributed by atoms with Gasteiger partial charge in [0.15, 0.2) is 0 Å². The molecule has 0 amide bonds. The van der Waals surface area contributed by atoms with Crippen LogP contribution in [0.2, 0.25) is 0 Å². The minimum absolute atomic E-state index is 0.0216. The number of fused-ring (bicyclic) bond motifs is 1. The Balaban J connectivity index is 1.57. The van der Waals surface area contributed by atoms with E-state index < -0.39 is 21.8 Å². The second-order valence-corrected chi connectivity index (χ2v) is 10.6. The van der Waals surface area contributed by atoms with E-state index in [0.29, 0.717) is 34.2 Å². The number of primary sulfonamides is 1. The molecule has 0 saturated heterocycles. The molecule has 0 aliphatic carbocycles. The monoisotopic (exact) mass is 548 g/mol. The van der Waals surface area contributed by atoms with Crippen molar-refractivity contribution >= 4 is 20.9 Å². The lowest BCUT2D eigenvalue weighted by Crippen LogP contribution is -2.12. The van der Waals surface area contributed by atoms with Gasteiger partial charge in [-0.2, -0.15) is 13.2 Å². The maximum absolute atomic E-state index is 13.8. The molecule has 0 saturated carbocycles. The van der Waals surface area contributed by atoms with Gasteiger partial charge in [0.1, 0.15) is 12.4 Å². The molecule has 5 nitrogen and oxygen atoms in total. The summed E-state index contributed by atoms with van der Waals surface area (Å²) in [7, 11) is -3.86. The van der Waals surface area contributed by atoms with Crippen LogP contribution in [0.1, 0.15) is 22.3 Å².